The Bertz CT molecular complexity index is 687. The molecule has 3 aliphatic carbocycles. The van der Waals surface area contributed by atoms with Gasteiger partial charge in [-0.2, -0.15) is 0 Å². The van der Waals surface area contributed by atoms with Crippen LogP contribution in [0.5, 0.6) is 0 Å². The molecule has 1 fully saturated rings. The van der Waals surface area contributed by atoms with Gasteiger partial charge in [-0.25, -0.2) is 4.57 Å². The van der Waals surface area contributed by atoms with Crippen LogP contribution in [0.1, 0.15) is 80.1 Å². The third-order valence-corrected chi connectivity index (χ3v) is 9.42. The van der Waals surface area contributed by atoms with Crippen LogP contribution in [0, 0.1) is 28.6 Å². The fourth-order valence-electron chi connectivity index (χ4n) is 6.30. The van der Waals surface area contributed by atoms with E-state index < -0.39 is 7.82 Å². The van der Waals surface area contributed by atoms with E-state index in [0.29, 0.717) is 37.6 Å². The Labute approximate surface area is 178 Å². The number of phosphoric ester groups is 1. The lowest BCUT2D eigenvalue weighted by Gasteiger charge is -2.58. The van der Waals surface area contributed by atoms with Crippen molar-refractivity contribution in [1.29, 1.82) is 0 Å². The molecule has 3 aliphatic rings. The largest absolute Gasteiger partial charge is 0.474 e. The smallest absolute Gasteiger partial charge is 0.287 e. The predicted octanol–water partition coefficient (Wildman–Crippen LogP) is 7.32. The number of fused-ring (bicyclic) bond motifs is 3. The second-order valence-corrected chi connectivity index (χ2v) is 11.7. The van der Waals surface area contributed by atoms with Gasteiger partial charge in [-0.1, -0.05) is 51.8 Å². The summed E-state index contributed by atoms with van der Waals surface area (Å²) in [4.78, 5) is 0. The monoisotopic (exact) mass is 424 g/mol. The molecule has 0 aromatic carbocycles. The molecule has 0 heterocycles. The van der Waals surface area contributed by atoms with Crippen LogP contribution < -0.4 is 0 Å². The van der Waals surface area contributed by atoms with Gasteiger partial charge in [-0.05, 0) is 80.1 Å². The molecule has 166 valence electrons. The zero-order chi connectivity index (χ0) is 21.3. The molecule has 0 aromatic heterocycles. The Morgan fingerprint density at radius 1 is 1.14 bits per heavy atom. The first-order chi connectivity index (χ1) is 13.7. The van der Waals surface area contributed by atoms with Gasteiger partial charge in [-0.3, -0.25) is 13.6 Å². The van der Waals surface area contributed by atoms with Crippen molar-refractivity contribution in [2.24, 2.45) is 28.6 Å². The molecule has 29 heavy (non-hydrogen) atoms. The van der Waals surface area contributed by atoms with Crippen molar-refractivity contribution in [2.45, 2.75) is 80.1 Å². The van der Waals surface area contributed by atoms with Crippen molar-refractivity contribution < 1.29 is 18.1 Å². The first-order valence-corrected chi connectivity index (χ1v) is 13.1. The van der Waals surface area contributed by atoms with E-state index in [0.717, 1.165) is 12.8 Å². The standard InChI is InChI=1S/C24H41O4P/c1-7-26-29(25,27-8-2)28-17-23(5)14-9-15-24(6)21-12-10-19(18(3)4)16-20(21)11-13-22(23)24/h11,16,18,21-22H,7-10,12-15,17H2,1-6H3/t21-,22-,23-,24+/m0/s1. The lowest BCUT2D eigenvalue weighted by molar-refractivity contribution is -0.0745. The normalized spacial score (nSPS) is 35.0. The van der Waals surface area contributed by atoms with Gasteiger partial charge in [0.2, 0.25) is 0 Å². The summed E-state index contributed by atoms with van der Waals surface area (Å²) in [6.07, 6.45) is 12.1. The van der Waals surface area contributed by atoms with Crippen LogP contribution in [0.15, 0.2) is 23.3 Å². The molecule has 0 aromatic rings. The fourth-order valence-corrected chi connectivity index (χ4v) is 7.61. The molecule has 0 bridgehead atoms. The first-order valence-electron chi connectivity index (χ1n) is 11.6. The lowest BCUT2D eigenvalue weighted by Crippen LogP contribution is -2.51. The quantitative estimate of drug-likeness (QED) is 0.383. The molecule has 0 spiro atoms. The van der Waals surface area contributed by atoms with Crippen LogP contribution in [-0.2, 0) is 18.1 Å². The second-order valence-electron chi connectivity index (χ2n) is 10.0. The number of hydrogen-bond acceptors (Lipinski definition) is 4. The van der Waals surface area contributed by atoms with Gasteiger partial charge in [0, 0.05) is 0 Å². The molecule has 0 radical (unpaired) electrons. The second kappa shape index (κ2) is 8.99. The minimum absolute atomic E-state index is 0.0130. The van der Waals surface area contributed by atoms with E-state index in [-0.39, 0.29) is 10.8 Å². The molecular weight excluding hydrogens is 383 g/mol. The van der Waals surface area contributed by atoms with Crippen LogP contribution in [-0.4, -0.2) is 19.8 Å². The van der Waals surface area contributed by atoms with Crippen molar-refractivity contribution in [3.63, 3.8) is 0 Å². The molecule has 0 unspecified atom stereocenters. The molecule has 0 saturated heterocycles. The number of phosphoric acid groups is 1. The highest BCUT2D eigenvalue weighted by Crippen LogP contribution is 2.63. The SMILES string of the molecule is CCOP(=O)(OCC)OC[C@]1(C)CCC[C@]2(C)[C@H]3CCC(C(C)C)=CC3=CC[C@@H]12. The highest BCUT2D eigenvalue weighted by Gasteiger charge is 2.54. The molecule has 0 aliphatic heterocycles. The molecular formula is C24H41O4P. The average molecular weight is 425 g/mol. The number of allylic oxidation sites excluding steroid dienone is 4. The van der Waals surface area contributed by atoms with Crippen LogP contribution in [0.3, 0.4) is 0 Å². The Balaban J connectivity index is 1.82. The highest BCUT2D eigenvalue weighted by molar-refractivity contribution is 7.48. The first kappa shape index (κ1) is 23.3. The van der Waals surface area contributed by atoms with E-state index in [9.17, 15) is 4.57 Å². The van der Waals surface area contributed by atoms with Gasteiger partial charge >= 0.3 is 7.82 Å². The maximum atomic E-state index is 12.9. The molecule has 5 heteroatoms. The van der Waals surface area contributed by atoms with Crippen molar-refractivity contribution >= 4 is 7.82 Å². The average Bonchev–Trinajstić information content (AvgIpc) is 2.66. The Hall–Kier alpha value is -0.410. The lowest BCUT2D eigenvalue weighted by atomic mass is 9.47. The van der Waals surface area contributed by atoms with E-state index in [4.69, 9.17) is 13.6 Å². The van der Waals surface area contributed by atoms with Crippen LogP contribution in [0.4, 0.5) is 0 Å². The summed E-state index contributed by atoms with van der Waals surface area (Å²) < 4.78 is 29.5. The van der Waals surface area contributed by atoms with Crippen LogP contribution >= 0.6 is 7.82 Å². The summed E-state index contributed by atoms with van der Waals surface area (Å²) in [6, 6.07) is 0. The van der Waals surface area contributed by atoms with Gasteiger partial charge < -0.3 is 0 Å². The summed E-state index contributed by atoms with van der Waals surface area (Å²) in [5.74, 6) is 1.80. The Morgan fingerprint density at radius 3 is 2.45 bits per heavy atom. The van der Waals surface area contributed by atoms with Crippen molar-refractivity contribution in [3.05, 3.63) is 23.3 Å². The third-order valence-electron chi connectivity index (χ3n) is 7.83. The zero-order valence-electron chi connectivity index (χ0n) is 19.3. The minimum Gasteiger partial charge on any atom is -0.287 e. The Morgan fingerprint density at radius 2 is 1.83 bits per heavy atom. The van der Waals surface area contributed by atoms with E-state index in [1.807, 2.05) is 13.8 Å². The molecule has 3 rings (SSSR count). The minimum atomic E-state index is -3.47. The summed E-state index contributed by atoms with van der Waals surface area (Å²) in [7, 11) is -3.47. The fraction of sp³-hybridized carbons (Fsp3) is 0.833. The van der Waals surface area contributed by atoms with Gasteiger partial charge in [0.15, 0.2) is 0 Å². The van der Waals surface area contributed by atoms with Crippen LogP contribution in [0.25, 0.3) is 0 Å². The molecule has 4 atom stereocenters. The summed E-state index contributed by atoms with van der Waals surface area (Å²) in [5.41, 5.74) is 3.44. The molecule has 1 saturated carbocycles. The van der Waals surface area contributed by atoms with Gasteiger partial charge in [0.25, 0.3) is 0 Å². The van der Waals surface area contributed by atoms with Crippen molar-refractivity contribution in [3.8, 4) is 0 Å². The van der Waals surface area contributed by atoms with E-state index in [1.54, 1.807) is 11.1 Å². The summed E-state index contributed by atoms with van der Waals surface area (Å²) in [6.45, 7) is 14.2. The van der Waals surface area contributed by atoms with E-state index in [2.05, 4.69) is 39.8 Å². The molecule has 0 amide bonds. The third kappa shape index (κ3) is 4.61. The molecule has 0 N–H and O–H groups in total. The van der Waals surface area contributed by atoms with Gasteiger partial charge in [0.1, 0.15) is 0 Å². The maximum absolute atomic E-state index is 12.9. The zero-order valence-corrected chi connectivity index (χ0v) is 20.2. The molecule has 4 nitrogen and oxygen atoms in total. The van der Waals surface area contributed by atoms with Crippen molar-refractivity contribution in [2.75, 3.05) is 19.8 Å². The topological polar surface area (TPSA) is 44.8 Å². The van der Waals surface area contributed by atoms with Gasteiger partial charge in [0.05, 0.1) is 19.8 Å². The van der Waals surface area contributed by atoms with Crippen molar-refractivity contribution in [1.82, 2.24) is 0 Å². The van der Waals surface area contributed by atoms with E-state index >= 15 is 0 Å². The summed E-state index contributed by atoms with van der Waals surface area (Å²) in [5, 5.41) is 0. The number of hydrogen-bond donors (Lipinski definition) is 0. The highest BCUT2D eigenvalue weighted by atomic mass is 31.2. The number of rotatable bonds is 8. The predicted molar refractivity (Wildman–Crippen MR) is 119 cm³/mol. The Kier molecular flexibility index (Phi) is 7.21. The van der Waals surface area contributed by atoms with Gasteiger partial charge in [-0.15, -0.1) is 0 Å². The van der Waals surface area contributed by atoms with Crippen LogP contribution in [0.2, 0.25) is 0 Å². The maximum Gasteiger partial charge on any atom is 0.474 e. The summed E-state index contributed by atoms with van der Waals surface area (Å²) >= 11 is 0. The van der Waals surface area contributed by atoms with E-state index in [1.165, 1.54) is 25.7 Å².